The fourth-order valence-electron chi connectivity index (χ4n) is 1.62. The molecular weight excluding hydrogens is 292 g/mol. The summed E-state index contributed by atoms with van der Waals surface area (Å²) in [6, 6.07) is -1.77. The van der Waals surface area contributed by atoms with E-state index in [0.29, 0.717) is 6.42 Å². The molecule has 0 aromatic heterocycles. The number of hydrogen-bond acceptors (Lipinski definition) is 8. The summed E-state index contributed by atoms with van der Waals surface area (Å²) < 4.78 is 14.3. The van der Waals surface area contributed by atoms with Crippen LogP contribution in [-0.4, -0.2) is 43.4 Å². The summed E-state index contributed by atoms with van der Waals surface area (Å²) >= 11 is 0. The lowest BCUT2D eigenvalue weighted by atomic mass is 10.1. The van der Waals surface area contributed by atoms with Gasteiger partial charge in [-0.1, -0.05) is 13.8 Å². The fourth-order valence-corrected chi connectivity index (χ4v) is 1.62. The molecule has 0 aromatic rings. The zero-order chi connectivity index (χ0) is 17.3. The number of carbonyl (C=O) groups is 3. The lowest BCUT2D eigenvalue weighted by Gasteiger charge is -2.19. The van der Waals surface area contributed by atoms with Crippen LogP contribution in [0, 0.1) is 5.92 Å². The highest BCUT2D eigenvalue weighted by Crippen LogP contribution is 2.07. The zero-order valence-corrected chi connectivity index (χ0v) is 13.5. The summed E-state index contributed by atoms with van der Waals surface area (Å²) in [5.74, 6) is -1.63. The second-order valence-corrected chi connectivity index (χ2v) is 5.40. The Morgan fingerprint density at radius 3 is 1.91 bits per heavy atom. The summed E-state index contributed by atoms with van der Waals surface area (Å²) in [4.78, 5) is 34.3. The van der Waals surface area contributed by atoms with Gasteiger partial charge in [-0.25, -0.2) is 0 Å². The highest BCUT2D eigenvalue weighted by molar-refractivity contribution is 5.78. The molecule has 0 aliphatic rings. The molecule has 0 aromatic carbocycles. The standard InChI is InChI=1S/C14H26N2O6/c1-8(2)7-11(16)14(19)22-9(3)21-13(18)10(15)5-6-12(17)20-4/h8-11H,5-7,15-16H2,1-4H3/t9?,10-,11-/m0/s1. The normalized spacial score (nSPS) is 14.9. The van der Waals surface area contributed by atoms with Gasteiger partial charge < -0.3 is 25.7 Å². The molecular formula is C14H26N2O6. The van der Waals surface area contributed by atoms with Crippen molar-refractivity contribution in [2.75, 3.05) is 7.11 Å². The molecule has 0 saturated carbocycles. The summed E-state index contributed by atoms with van der Waals surface area (Å²) in [5, 5.41) is 0. The highest BCUT2D eigenvalue weighted by Gasteiger charge is 2.23. The van der Waals surface area contributed by atoms with E-state index in [-0.39, 0.29) is 18.8 Å². The van der Waals surface area contributed by atoms with Gasteiger partial charge in [0.25, 0.3) is 0 Å². The van der Waals surface area contributed by atoms with Crippen molar-refractivity contribution in [1.29, 1.82) is 0 Å². The molecule has 0 heterocycles. The Balaban J connectivity index is 4.18. The molecule has 8 heteroatoms. The maximum absolute atomic E-state index is 11.7. The van der Waals surface area contributed by atoms with Crippen molar-refractivity contribution in [3.8, 4) is 0 Å². The molecule has 0 fully saturated rings. The number of esters is 3. The number of nitrogens with two attached hydrogens (primary N) is 2. The first kappa shape index (κ1) is 20.3. The molecule has 0 amide bonds. The van der Waals surface area contributed by atoms with E-state index in [1.165, 1.54) is 14.0 Å². The second-order valence-electron chi connectivity index (χ2n) is 5.40. The molecule has 128 valence electrons. The fraction of sp³-hybridized carbons (Fsp3) is 0.786. The number of methoxy groups -OCH3 is 1. The number of ether oxygens (including phenoxy) is 3. The van der Waals surface area contributed by atoms with Gasteiger partial charge in [-0.15, -0.1) is 0 Å². The van der Waals surface area contributed by atoms with Crippen molar-refractivity contribution in [1.82, 2.24) is 0 Å². The van der Waals surface area contributed by atoms with Gasteiger partial charge in [-0.3, -0.25) is 14.4 Å². The van der Waals surface area contributed by atoms with E-state index >= 15 is 0 Å². The van der Waals surface area contributed by atoms with Crippen LogP contribution in [0.25, 0.3) is 0 Å². The van der Waals surface area contributed by atoms with Crippen LogP contribution < -0.4 is 11.5 Å². The maximum atomic E-state index is 11.7. The highest BCUT2D eigenvalue weighted by atomic mass is 16.7. The summed E-state index contributed by atoms with van der Waals surface area (Å²) in [5.41, 5.74) is 11.2. The first-order valence-electron chi connectivity index (χ1n) is 7.16. The van der Waals surface area contributed by atoms with Gasteiger partial charge in [-0.2, -0.15) is 0 Å². The van der Waals surface area contributed by atoms with Gasteiger partial charge in [0.2, 0.25) is 6.29 Å². The molecule has 0 aliphatic heterocycles. The van der Waals surface area contributed by atoms with Crippen molar-refractivity contribution in [3.63, 3.8) is 0 Å². The van der Waals surface area contributed by atoms with Gasteiger partial charge in [0.1, 0.15) is 12.1 Å². The number of rotatable bonds is 9. The van der Waals surface area contributed by atoms with E-state index in [1.807, 2.05) is 13.8 Å². The van der Waals surface area contributed by atoms with Crippen LogP contribution in [0.5, 0.6) is 0 Å². The van der Waals surface area contributed by atoms with E-state index in [2.05, 4.69) is 4.74 Å². The lowest BCUT2D eigenvalue weighted by molar-refractivity contribution is -0.186. The van der Waals surface area contributed by atoms with Crippen LogP contribution in [0.3, 0.4) is 0 Å². The predicted octanol–water partition coefficient (Wildman–Crippen LogP) is 0.0727. The Labute approximate surface area is 130 Å². The Hall–Kier alpha value is -1.67. The third kappa shape index (κ3) is 8.58. The summed E-state index contributed by atoms with van der Waals surface area (Å²) in [6.45, 7) is 5.25. The quantitative estimate of drug-likeness (QED) is 0.451. The van der Waals surface area contributed by atoms with Crippen LogP contribution >= 0.6 is 0 Å². The van der Waals surface area contributed by atoms with E-state index in [9.17, 15) is 14.4 Å². The Morgan fingerprint density at radius 2 is 1.45 bits per heavy atom. The number of hydrogen-bond donors (Lipinski definition) is 2. The lowest BCUT2D eigenvalue weighted by Crippen LogP contribution is -2.39. The van der Waals surface area contributed by atoms with Crippen LogP contribution in [-0.2, 0) is 28.6 Å². The zero-order valence-electron chi connectivity index (χ0n) is 13.5. The van der Waals surface area contributed by atoms with Crippen molar-refractivity contribution in [3.05, 3.63) is 0 Å². The van der Waals surface area contributed by atoms with Crippen molar-refractivity contribution in [2.24, 2.45) is 17.4 Å². The molecule has 0 saturated heterocycles. The van der Waals surface area contributed by atoms with E-state index < -0.39 is 36.3 Å². The van der Waals surface area contributed by atoms with Gasteiger partial charge >= 0.3 is 17.9 Å². The first-order valence-corrected chi connectivity index (χ1v) is 7.16. The first-order chi connectivity index (χ1) is 10.2. The van der Waals surface area contributed by atoms with Gasteiger partial charge in [0.15, 0.2) is 0 Å². The van der Waals surface area contributed by atoms with Crippen molar-refractivity contribution >= 4 is 17.9 Å². The SMILES string of the molecule is COC(=O)CC[C@H](N)C(=O)OC(C)OC(=O)[C@@H](N)CC(C)C. The average Bonchev–Trinajstić information content (AvgIpc) is 2.42. The minimum absolute atomic E-state index is 0.000196. The van der Waals surface area contributed by atoms with E-state index in [1.54, 1.807) is 0 Å². The molecule has 0 rings (SSSR count). The summed E-state index contributed by atoms with van der Waals surface area (Å²) in [6.07, 6.45) is -0.542. The molecule has 22 heavy (non-hydrogen) atoms. The average molecular weight is 318 g/mol. The van der Waals surface area contributed by atoms with Gasteiger partial charge in [0, 0.05) is 13.3 Å². The molecule has 0 bridgehead atoms. The van der Waals surface area contributed by atoms with Crippen LogP contribution in [0.1, 0.15) is 40.0 Å². The Morgan fingerprint density at radius 1 is 0.955 bits per heavy atom. The van der Waals surface area contributed by atoms with Crippen LogP contribution in [0.2, 0.25) is 0 Å². The van der Waals surface area contributed by atoms with Crippen LogP contribution in [0.15, 0.2) is 0 Å². The predicted molar refractivity (Wildman–Crippen MR) is 78.3 cm³/mol. The molecule has 0 spiro atoms. The van der Waals surface area contributed by atoms with Crippen molar-refractivity contribution < 1.29 is 28.6 Å². The molecule has 3 atom stereocenters. The maximum Gasteiger partial charge on any atom is 0.325 e. The Bertz CT molecular complexity index is 386. The van der Waals surface area contributed by atoms with E-state index in [0.717, 1.165) is 0 Å². The number of carbonyl (C=O) groups excluding carboxylic acids is 3. The van der Waals surface area contributed by atoms with Crippen LogP contribution in [0.4, 0.5) is 0 Å². The topological polar surface area (TPSA) is 131 Å². The third-order valence-corrected chi connectivity index (χ3v) is 2.78. The van der Waals surface area contributed by atoms with E-state index in [4.69, 9.17) is 20.9 Å². The smallest absolute Gasteiger partial charge is 0.325 e. The van der Waals surface area contributed by atoms with Gasteiger partial charge in [-0.05, 0) is 18.8 Å². The molecule has 8 nitrogen and oxygen atoms in total. The minimum Gasteiger partial charge on any atom is -0.469 e. The minimum atomic E-state index is -1.10. The van der Waals surface area contributed by atoms with Gasteiger partial charge in [0.05, 0.1) is 7.11 Å². The molecule has 0 radical (unpaired) electrons. The molecule has 0 aliphatic carbocycles. The largest absolute Gasteiger partial charge is 0.469 e. The summed E-state index contributed by atoms with van der Waals surface area (Å²) in [7, 11) is 1.24. The molecule has 1 unspecified atom stereocenters. The second kappa shape index (κ2) is 10.1. The molecule has 4 N–H and O–H groups in total. The van der Waals surface area contributed by atoms with Crippen molar-refractivity contribution in [2.45, 2.75) is 58.4 Å². The monoisotopic (exact) mass is 318 g/mol. The Kier molecular flexibility index (Phi) is 9.35. The third-order valence-electron chi connectivity index (χ3n) is 2.78.